The van der Waals surface area contributed by atoms with Crippen LogP contribution in [-0.2, 0) is 4.79 Å². The summed E-state index contributed by atoms with van der Waals surface area (Å²) in [5, 5.41) is 13.3. The molecule has 0 fully saturated rings. The molecule has 4 nitrogen and oxygen atoms in total. The molecule has 0 spiro atoms. The van der Waals surface area contributed by atoms with Crippen LogP contribution in [0.25, 0.3) is 0 Å². The van der Waals surface area contributed by atoms with E-state index >= 15 is 0 Å². The van der Waals surface area contributed by atoms with Gasteiger partial charge in [-0.25, -0.2) is 4.98 Å². The van der Waals surface area contributed by atoms with E-state index in [0.29, 0.717) is 39.4 Å². The van der Waals surface area contributed by atoms with Crippen LogP contribution in [0.4, 0.5) is 5.69 Å². The molecule has 25 heavy (non-hydrogen) atoms. The molecule has 0 radical (unpaired) electrons. The Bertz CT molecular complexity index is 815. The Balaban J connectivity index is 1.93. The van der Waals surface area contributed by atoms with Crippen molar-refractivity contribution in [3.63, 3.8) is 0 Å². The van der Waals surface area contributed by atoms with Gasteiger partial charge in [0.05, 0.1) is 5.56 Å². The molecule has 0 aliphatic heterocycles. The van der Waals surface area contributed by atoms with Gasteiger partial charge in [0.2, 0.25) is 5.91 Å². The summed E-state index contributed by atoms with van der Waals surface area (Å²) in [5.74, 6) is 0.752. The van der Waals surface area contributed by atoms with E-state index in [1.165, 1.54) is 11.8 Å². The van der Waals surface area contributed by atoms with Crippen LogP contribution in [0.5, 0.6) is 0 Å². The largest absolute Gasteiger partial charge is 0.326 e. The van der Waals surface area contributed by atoms with E-state index in [4.69, 9.17) is 11.6 Å². The minimum absolute atomic E-state index is 0.0917. The molecule has 6 heteroatoms. The first-order valence-corrected chi connectivity index (χ1v) is 9.37. The molecule has 0 atom stereocenters. The van der Waals surface area contributed by atoms with Gasteiger partial charge in [-0.3, -0.25) is 4.79 Å². The summed E-state index contributed by atoms with van der Waals surface area (Å²) in [6.45, 7) is 6.03. The lowest BCUT2D eigenvalue weighted by Crippen LogP contribution is -2.12. The van der Waals surface area contributed by atoms with Crippen LogP contribution in [0.3, 0.4) is 0 Å². The lowest BCUT2D eigenvalue weighted by Gasteiger charge is -2.09. The van der Waals surface area contributed by atoms with Crippen molar-refractivity contribution in [3.05, 3.63) is 52.2 Å². The Morgan fingerprint density at radius 1 is 1.36 bits per heavy atom. The Morgan fingerprint density at radius 2 is 2.12 bits per heavy atom. The number of hydrogen-bond donors (Lipinski definition) is 1. The zero-order valence-electron chi connectivity index (χ0n) is 14.5. The highest BCUT2D eigenvalue weighted by atomic mass is 35.5. The predicted octanol–water partition coefficient (Wildman–Crippen LogP) is 5.16. The minimum atomic E-state index is -0.0917. The number of aryl methyl sites for hydroxylation is 1. The molecule has 0 bridgehead atoms. The van der Waals surface area contributed by atoms with E-state index in [1.54, 1.807) is 12.1 Å². The second-order valence-corrected chi connectivity index (χ2v) is 7.46. The molecule has 0 aliphatic rings. The number of carbonyl (C=O) groups excluding carboxylic acids is 1. The maximum absolute atomic E-state index is 12.1. The van der Waals surface area contributed by atoms with Crippen molar-refractivity contribution in [3.8, 4) is 6.07 Å². The van der Waals surface area contributed by atoms with Gasteiger partial charge >= 0.3 is 0 Å². The quantitative estimate of drug-likeness (QED) is 0.710. The number of halogens is 1. The molecular weight excluding hydrogens is 354 g/mol. The zero-order chi connectivity index (χ0) is 18.4. The topological polar surface area (TPSA) is 65.8 Å². The number of rotatable bonds is 6. The molecule has 1 N–H and O–H groups in total. The normalized spacial score (nSPS) is 10.6. The van der Waals surface area contributed by atoms with Gasteiger partial charge in [-0.1, -0.05) is 31.5 Å². The van der Waals surface area contributed by atoms with Gasteiger partial charge in [-0.15, -0.1) is 11.8 Å². The SMILES string of the molecule is Cc1ccc(NC(=O)CCSc2nc(C(C)C)ccc2C#N)cc1Cl. The Hall–Kier alpha value is -2.03. The number of nitriles is 1. The van der Waals surface area contributed by atoms with Crippen molar-refractivity contribution in [1.82, 2.24) is 4.98 Å². The number of nitrogens with zero attached hydrogens (tertiary/aromatic N) is 2. The number of thioether (sulfide) groups is 1. The van der Waals surface area contributed by atoms with Gasteiger partial charge in [0.25, 0.3) is 0 Å². The van der Waals surface area contributed by atoms with E-state index in [-0.39, 0.29) is 5.91 Å². The lowest BCUT2D eigenvalue weighted by molar-refractivity contribution is -0.115. The number of anilines is 1. The van der Waals surface area contributed by atoms with E-state index in [9.17, 15) is 10.1 Å². The molecule has 0 saturated heterocycles. The zero-order valence-corrected chi connectivity index (χ0v) is 16.0. The average Bonchev–Trinajstić information content (AvgIpc) is 2.58. The van der Waals surface area contributed by atoms with E-state index in [2.05, 4.69) is 30.2 Å². The molecule has 130 valence electrons. The van der Waals surface area contributed by atoms with Crippen LogP contribution in [-0.4, -0.2) is 16.6 Å². The Morgan fingerprint density at radius 3 is 2.76 bits per heavy atom. The molecule has 2 rings (SSSR count). The maximum Gasteiger partial charge on any atom is 0.225 e. The Kier molecular flexibility index (Phi) is 6.86. The molecule has 0 saturated carbocycles. The van der Waals surface area contributed by atoms with E-state index in [0.717, 1.165) is 11.3 Å². The number of benzene rings is 1. The fourth-order valence-electron chi connectivity index (χ4n) is 2.11. The number of hydrogen-bond acceptors (Lipinski definition) is 4. The fraction of sp³-hybridized carbons (Fsp3) is 0.316. The summed E-state index contributed by atoms with van der Waals surface area (Å²) >= 11 is 7.49. The van der Waals surface area contributed by atoms with Crippen LogP contribution in [0.15, 0.2) is 35.4 Å². The standard InChI is InChI=1S/C19H20ClN3OS/c1-12(2)17-7-5-14(11-21)19(23-17)25-9-8-18(24)22-15-6-4-13(3)16(20)10-15/h4-7,10,12H,8-9H2,1-3H3,(H,22,24). The van der Waals surface area contributed by atoms with Gasteiger partial charge in [0.1, 0.15) is 11.1 Å². The Labute approximate surface area is 157 Å². The van der Waals surface area contributed by atoms with E-state index in [1.807, 2.05) is 25.1 Å². The van der Waals surface area contributed by atoms with Gasteiger partial charge in [-0.2, -0.15) is 5.26 Å². The van der Waals surface area contributed by atoms with Gasteiger partial charge in [0, 0.05) is 28.6 Å². The summed E-state index contributed by atoms with van der Waals surface area (Å²) < 4.78 is 0. The van der Waals surface area contributed by atoms with Gasteiger partial charge in [0.15, 0.2) is 0 Å². The van der Waals surface area contributed by atoms with Crippen molar-refractivity contribution in [2.75, 3.05) is 11.1 Å². The monoisotopic (exact) mass is 373 g/mol. The van der Waals surface area contributed by atoms with Crippen molar-refractivity contribution in [2.45, 2.75) is 38.1 Å². The first kappa shape index (κ1) is 19.3. The second kappa shape index (κ2) is 8.89. The first-order valence-electron chi connectivity index (χ1n) is 8.00. The number of amides is 1. The van der Waals surface area contributed by atoms with Crippen molar-refractivity contribution >= 4 is 35.0 Å². The smallest absolute Gasteiger partial charge is 0.225 e. The number of aromatic nitrogens is 1. The van der Waals surface area contributed by atoms with Crippen molar-refractivity contribution in [2.24, 2.45) is 0 Å². The number of carbonyl (C=O) groups is 1. The van der Waals surface area contributed by atoms with Gasteiger partial charge < -0.3 is 5.32 Å². The van der Waals surface area contributed by atoms with E-state index < -0.39 is 0 Å². The highest BCUT2D eigenvalue weighted by Crippen LogP contribution is 2.24. The van der Waals surface area contributed by atoms with Crippen LogP contribution in [0.1, 0.15) is 43.0 Å². The van der Waals surface area contributed by atoms with Gasteiger partial charge in [-0.05, 0) is 42.7 Å². The molecule has 1 heterocycles. The molecular formula is C19H20ClN3OS. The third kappa shape index (κ3) is 5.48. The summed E-state index contributed by atoms with van der Waals surface area (Å²) in [7, 11) is 0. The van der Waals surface area contributed by atoms with Crippen LogP contribution in [0.2, 0.25) is 5.02 Å². The summed E-state index contributed by atoms with van der Waals surface area (Å²) in [6.07, 6.45) is 0.328. The molecule has 1 aromatic carbocycles. The molecule has 1 aromatic heterocycles. The van der Waals surface area contributed by atoms with Crippen molar-refractivity contribution in [1.29, 1.82) is 5.26 Å². The molecule has 1 amide bonds. The third-order valence-electron chi connectivity index (χ3n) is 3.62. The minimum Gasteiger partial charge on any atom is -0.326 e. The average molecular weight is 374 g/mol. The first-order chi connectivity index (χ1) is 11.9. The predicted molar refractivity (Wildman–Crippen MR) is 103 cm³/mol. The van der Waals surface area contributed by atoms with Crippen LogP contribution >= 0.6 is 23.4 Å². The molecule has 0 unspecified atom stereocenters. The highest BCUT2D eigenvalue weighted by molar-refractivity contribution is 7.99. The number of pyridine rings is 1. The lowest BCUT2D eigenvalue weighted by atomic mass is 10.1. The fourth-order valence-corrected chi connectivity index (χ4v) is 3.21. The van der Waals surface area contributed by atoms with Crippen LogP contribution in [0, 0.1) is 18.3 Å². The summed E-state index contributed by atoms with van der Waals surface area (Å²) in [4.78, 5) is 16.6. The summed E-state index contributed by atoms with van der Waals surface area (Å²) in [5.41, 5.74) is 3.14. The summed E-state index contributed by atoms with van der Waals surface area (Å²) in [6, 6.07) is 11.3. The number of nitrogens with one attached hydrogen (secondary N) is 1. The maximum atomic E-state index is 12.1. The molecule has 2 aromatic rings. The third-order valence-corrected chi connectivity index (χ3v) is 5.02. The van der Waals surface area contributed by atoms with Crippen molar-refractivity contribution < 1.29 is 4.79 Å². The highest BCUT2D eigenvalue weighted by Gasteiger charge is 2.10. The van der Waals surface area contributed by atoms with Crippen LogP contribution < -0.4 is 5.32 Å². The second-order valence-electron chi connectivity index (χ2n) is 5.97. The molecule has 0 aliphatic carbocycles.